The first kappa shape index (κ1) is 14.9. The minimum Gasteiger partial charge on any atom is -0.322 e. The molecule has 1 saturated heterocycles. The van der Waals surface area contributed by atoms with Crippen molar-refractivity contribution in [2.75, 3.05) is 6.54 Å². The molecule has 1 aliphatic rings. The van der Waals surface area contributed by atoms with Crippen molar-refractivity contribution in [3.63, 3.8) is 0 Å². The van der Waals surface area contributed by atoms with Crippen molar-refractivity contribution in [2.24, 2.45) is 0 Å². The number of likely N-dealkylation sites (tertiary alicyclic amines) is 1. The maximum Gasteiger partial charge on any atom is 0.137 e. The highest BCUT2D eigenvalue weighted by molar-refractivity contribution is 5.65. The predicted molar refractivity (Wildman–Crippen MR) is 90.2 cm³/mol. The van der Waals surface area contributed by atoms with Gasteiger partial charge in [0.1, 0.15) is 18.7 Å². The normalized spacial score (nSPS) is 18.7. The zero-order chi connectivity index (χ0) is 16.4. The SMILES string of the molecule is N#Cc1c(CN2CCCC[C@H]2Cn2cncn2)cn2ccccc12. The average molecular weight is 320 g/mol. The standard InChI is InChI=1S/C18H20N6/c19-9-17-15(11-23-8-4-2-6-18(17)23)10-22-7-3-1-5-16(22)12-24-14-20-13-21-24/h2,4,6,8,11,13-14,16H,1,3,5,7,10,12H2/t16-/m0/s1. The van der Waals surface area contributed by atoms with Gasteiger partial charge in [-0.2, -0.15) is 10.4 Å². The summed E-state index contributed by atoms with van der Waals surface area (Å²) in [6.07, 6.45) is 11.1. The second-order valence-electron chi connectivity index (χ2n) is 6.37. The molecular formula is C18H20N6. The van der Waals surface area contributed by atoms with E-state index >= 15 is 0 Å². The van der Waals surface area contributed by atoms with Gasteiger partial charge in [-0.05, 0) is 31.5 Å². The largest absolute Gasteiger partial charge is 0.322 e. The van der Waals surface area contributed by atoms with Crippen LogP contribution in [-0.2, 0) is 13.1 Å². The lowest BCUT2D eigenvalue weighted by Crippen LogP contribution is -2.41. The van der Waals surface area contributed by atoms with Gasteiger partial charge in [-0.15, -0.1) is 0 Å². The van der Waals surface area contributed by atoms with E-state index in [0.29, 0.717) is 6.04 Å². The Balaban J connectivity index is 1.59. The molecule has 6 nitrogen and oxygen atoms in total. The van der Waals surface area contributed by atoms with Crippen LogP contribution in [-0.4, -0.2) is 36.7 Å². The maximum absolute atomic E-state index is 9.60. The van der Waals surface area contributed by atoms with Crippen molar-refractivity contribution < 1.29 is 0 Å². The van der Waals surface area contributed by atoms with Crippen molar-refractivity contribution in [1.82, 2.24) is 24.1 Å². The van der Waals surface area contributed by atoms with E-state index in [1.54, 1.807) is 12.7 Å². The fraction of sp³-hybridized carbons (Fsp3) is 0.389. The van der Waals surface area contributed by atoms with Gasteiger partial charge in [-0.25, -0.2) is 4.98 Å². The number of hydrogen-bond acceptors (Lipinski definition) is 4. The summed E-state index contributed by atoms with van der Waals surface area (Å²) in [4.78, 5) is 6.53. The third-order valence-electron chi connectivity index (χ3n) is 4.86. The van der Waals surface area contributed by atoms with Gasteiger partial charge < -0.3 is 4.40 Å². The van der Waals surface area contributed by atoms with E-state index in [1.165, 1.54) is 12.8 Å². The number of nitrogens with zero attached hydrogens (tertiary/aromatic N) is 6. The topological polar surface area (TPSA) is 62.2 Å². The summed E-state index contributed by atoms with van der Waals surface area (Å²) in [5.74, 6) is 0. The summed E-state index contributed by atoms with van der Waals surface area (Å²) in [5.41, 5.74) is 2.88. The molecule has 1 fully saturated rings. The first-order valence-corrected chi connectivity index (χ1v) is 8.40. The summed E-state index contributed by atoms with van der Waals surface area (Å²) in [6.45, 7) is 2.73. The van der Waals surface area contributed by atoms with Crippen LogP contribution < -0.4 is 0 Å². The van der Waals surface area contributed by atoms with E-state index in [4.69, 9.17) is 0 Å². The monoisotopic (exact) mass is 320 g/mol. The molecule has 0 aliphatic carbocycles. The molecule has 4 rings (SSSR count). The van der Waals surface area contributed by atoms with Crippen molar-refractivity contribution in [3.05, 3.63) is 54.4 Å². The second-order valence-corrected chi connectivity index (χ2v) is 6.37. The molecule has 6 heteroatoms. The van der Waals surface area contributed by atoms with Gasteiger partial charge in [0, 0.05) is 30.5 Å². The van der Waals surface area contributed by atoms with E-state index in [0.717, 1.165) is 42.7 Å². The zero-order valence-corrected chi connectivity index (χ0v) is 13.5. The Kier molecular flexibility index (Phi) is 4.01. The smallest absolute Gasteiger partial charge is 0.137 e. The van der Waals surface area contributed by atoms with Gasteiger partial charge in [-0.3, -0.25) is 9.58 Å². The molecule has 3 aromatic heterocycles. The van der Waals surface area contributed by atoms with Crippen LogP contribution in [0.15, 0.2) is 43.2 Å². The minimum atomic E-state index is 0.440. The average Bonchev–Trinajstić information content (AvgIpc) is 3.23. The number of piperidine rings is 1. The van der Waals surface area contributed by atoms with Crippen molar-refractivity contribution in [3.8, 4) is 6.07 Å². The quantitative estimate of drug-likeness (QED) is 0.741. The molecule has 0 unspecified atom stereocenters. The van der Waals surface area contributed by atoms with Crippen LogP contribution in [0.3, 0.4) is 0 Å². The fourth-order valence-electron chi connectivity index (χ4n) is 3.66. The van der Waals surface area contributed by atoms with Crippen molar-refractivity contribution >= 4 is 5.52 Å². The molecule has 1 aliphatic heterocycles. The molecule has 0 saturated carbocycles. The second kappa shape index (κ2) is 6.46. The van der Waals surface area contributed by atoms with Gasteiger partial charge in [0.2, 0.25) is 0 Å². The molecule has 4 heterocycles. The van der Waals surface area contributed by atoms with E-state index in [2.05, 4.69) is 27.2 Å². The lowest BCUT2D eigenvalue weighted by atomic mass is 10.0. The number of hydrogen-bond donors (Lipinski definition) is 0. The number of fused-ring (bicyclic) bond motifs is 1. The number of nitriles is 1. The molecule has 0 spiro atoms. The molecule has 0 aromatic carbocycles. The molecule has 24 heavy (non-hydrogen) atoms. The number of aromatic nitrogens is 4. The highest BCUT2D eigenvalue weighted by Gasteiger charge is 2.24. The summed E-state index contributed by atoms with van der Waals surface area (Å²) >= 11 is 0. The summed E-state index contributed by atoms with van der Waals surface area (Å²) in [6, 6.07) is 8.81. The van der Waals surface area contributed by atoms with Crippen LogP contribution in [0.25, 0.3) is 5.52 Å². The van der Waals surface area contributed by atoms with Crippen molar-refractivity contribution in [2.45, 2.75) is 38.4 Å². The Morgan fingerprint density at radius 3 is 3.08 bits per heavy atom. The molecule has 122 valence electrons. The van der Waals surface area contributed by atoms with Crippen molar-refractivity contribution in [1.29, 1.82) is 5.26 Å². The van der Waals surface area contributed by atoms with Gasteiger partial charge in [0.25, 0.3) is 0 Å². The van der Waals surface area contributed by atoms with Gasteiger partial charge in [0.15, 0.2) is 0 Å². The Morgan fingerprint density at radius 2 is 2.25 bits per heavy atom. The maximum atomic E-state index is 9.60. The van der Waals surface area contributed by atoms with Crippen LogP contribution in [0, 0.1) is 11.3 Å². The van der Waals surface area contributed by atoms with Gasteiger partial charge in [-0.1, -0.05) is 12.5 Å². The summed E-state index contributed by atoms with van der Waals surface area (Å²) in [7, 11) is 0. The molecule has 0 bridgehead atoms. The van der Waals surface area contributed by atoms with E-state index in [1.807, 2.05) is 33.5 Å². The zero-order valence-electron chi connectivity index (χ0n) is 13.5. The Labute approximate surface area is 140 Å². The predicted octanol–water partition coefficient (Wildman–Crippen LogP) is 2.46. The van der Waals surface area contributed by atoms with Crippen LogP contribution in [0.1, 0.15) is 30.4 Å². The molecule has 3 aromatic rings. The summed E-state index contributed by atoms with van der Waals surface area (Å²) in [5, 5.41) is 13.8. The molecular weight excluding hydrogens is 300 g/mol. The highest BCUT2D eigenvalue weighted by atomic mass is 15.3. The third kappa shape index (κ3) is 2.79. The molecule has 1 atom stereocenters. The van der Waals surface area contributed by atoms with Crippen LogP contribution in [0.4, 0.5) is 0 Å². The lowest BCUT2D eigenvalue weighted by molar-refractivity contribution is 0.122. The third-order valence-corrected chi connectivity index (χ3v) is 4.86. The Bertz CT molecular complexity index is 857. The molecule has 0 amide bonds. The Morgan fingerprint density at radius 1 is 1.29 bits per heavy atom. The minimum absolute atomic E-state index is 0.440. The number of pyridine rings is 1. The van der Waals surface area contributed by atoms with Gasteiger partial charge >= 0.3 is 0 Å². The van der Waals surface area contributed by atoms with Gasteiger partial charge in [0.05, 0.1) is 17.6 Å². The highest BCUT2D eigenvalue weighted by Crippen LogP contribution is 2.24. The first-order chi connectivity index (χ1) is 11.8. The fourth-order valence-corrected chi connectivity index (χ4v) is 3.66. The van der Waals surface area contributed by atoms with Crippen LogP contribution in [0.2, 0.25) is 0 Å². The van der Waals surface area contributed by atoms with E-state index < -0.39 is 0 Å². The Hall–Kier alpha value is -2.65. The number of rotatable bonds is 4. The lowest BCUT2D eigenvalue weighted by Gasteiger charge is -2.35. The van der Waals surface area contributed by atoms with E-state index in [9.17, 15) is 5.26 Å². The first-order valence-electron chi connectivity index (χ1n) is 8.40. The van der Waals surface area contributed by atoms with E-state index in [-0.39, 0.29) is 0 Å². The molecule has 0 N–H and O–H groups in total. The van der Waals surface area contributed by atoms with Crippen LogP contribution >= 0.6 is 0 Å². The van der Waals surface area contributed by atoms with Crippen LogP contribution in [0.5, 0.6) is 0 Å². The summed E-state index contributed by atoms with van der Waals surface area (Å²) < 4.78 is 3.95. The molecule has 0 radical (unpaired) electrons.